The van der Waals surface area contributed by atoms with Gasteiger partial charge in [0.15, 0.2) is 0 Å². The van der Waals surface area contributed by atoms with Gasteiger partial charge in [0.25, 0.3) is 0 Å². The van der Waals surface area contributed by atoms with E-state index in [0.29, 0.717) is 17.9 Å². The average molecular weight is 422 g/mol. The van der Waals surface area contributed by atoms with E-state index < -0.39 is 0 Å². The summed E-state index contributed by atoms with van der Waals surface area (Å²) >= 11 is 0. The molecule has 1 amide bonds. The van der Waals surface area contributed by atoms with E-state index in [0.717, 1.165) is 74.5 Å². The van der Waals surface area contributed by atoms with Crippen LogP contribution in [0.25, 0.3) is 11.3 Å². The van der Waals surface area contributed by atoms with Gasteiger partial charge in [-0.1, -0.05) is 6.07 Å². The molecule has 0 unspecified atom stereocenters. The maximum absolute atomic E-state index is 11.7. The number of nitrogens with one attached hydrogen (secondary N) is 1. The Morgan fingerprint density at radius 2 is 2.00 bits per heavy atom. The van der Waals surface area contributed by atoms with Gasteiger partial charge >= 0.3 is 0 Å². The molecule has 2 aromatic rings. The Bertz CT molecular complexity index is 878. The van der Waals surface area contributed by atoms with E-state index in [9.17, 15) is 4.79 Å². The molecule has 2 aliphatic rings. The minimum Gasteiger partial charge on any atom is -0.370 e. The number of rotatable bonds is 6. The number of amides is 1. The third-order valence-corrected chi connectivity index (χ3v) is 6.79. The molecule has 1 saturated heterocycles. The normalized spacial score (nSPS) is 24.1. The number of nitrogens with two attached hydrogens (primary N) is 1. The first kappa shape index (κ1) is 21.8. The third-order valence-electron chi connectivity index (χ3n) is 6.79. The lowest BCUT2D eigenvalue weighted by molar-refractivity contribution is -0.130. The number of hydrogen-bond acceptors (Lipinski definition) is 5. The van der Waals surface area contributed by atoms with E-state index in [4.69, 9.17) is 10.7 Å². The van der Waals surface area contributed by atoms with Crippen LogP contribution in [0, 0.1) is 11.8 Å². The van der Waals surface area contributed by atoms with Crippen molar-refractivity contribution in [3.8, 4) is 11.3 Å². The lowest BCUT2D eigenvalue weighted by Crippen LogP contribution is -2.40. The van der Waals surface area contributed by atoms with Crippen LogP contribution in [0.1, 0.15) is 51.1 Å². The minimum absolute atomic E-state index is 0.175. The lowest BCUT2D eigenvalue weighted by atomic mass is 9.83. The van der Waals surface area contributed by atoms with Crippen LogP contribution in [0.4, 0.5) is 5.82 Å². The number of piperidine rings is 1. The Balaban J connectivity index is 1.37. The summed E-state index contributed by atoms with van der Waals surface area (Å²) in [4.78, 5) is 23.1. The quantitative estimate of drug-likeness (QED) is 0.740. The smallest absolute Gasteiger partial charge is 0.219 e. The molecule has 2 aromatic heterocycles. The van der Waals surface area contributed by atoms with Crippen molar-refractivity contribution >= 4 is 11.7 Å². The number of hydrogen-bond donors (Lipinski definition) is 2. The third kappa shape index (κ3) is 6.03. The van der Waals surface area contributed by atoms with Crippen molar-refractivity contribution in [3.63, 3.8) is 0 Å². The van der Waals surface area contributed by atoms with Gasteiger partial charge in [-0.05, 0) is 81.0 Å². The van der Waals surface area contributed by atoms with Crippen molar-refractivity contribution < 1.29 is 4.79 Å². The number of likely N-dealkylation sites (tertiary alicyclic amines) is 1. The molecule has 2 fully saturated rings. The molecular formula is C25H35N5O. The molecular weight excluding hydrogens is 386 g/mol. The monoisotopic (exact) mass is 421 g/mol. The number of carbonyl (C=O) groups is 1. The van der Waals surface area contributed by atoms with Crippen LogP contribution in [-0.2, 0) is 11.2 Å². The molecule has 3 heterocycles. The van der Waals surface area contributed by atoms with Crippen molar-refractivity contribution in [2.45, 2.75) is 57.9 Å². The fraction of sp³-hybridized carbons (Fsp3) is 0.560. The summed E-state index contributed by atoms with van der Waals surface area (Å²) in [6.07, 6.45) is 9.81. The topological polar surface area (TPSA) is 84.1 Å². The zero-order valence-electron chi connectivity index (χ0n) is 18.6. The Morgan fingerprint density at radius 3 is 2.81 bits per heavy atom. The van der Waals surface area contributed by atoms with Crippen LogP contribution in [0.15, 0.2) is 36.5 Å². The van der Waals surface area contributed by atoms with E-state index in [1.807, 2.05) is 23.2 Å². The molecule has 6 heteroatoms. The van der Waals surface area contributed by atoms with Crippen molar-refractivity contribution in [3.05, 3.63) is 42.2 Å². The Morgan fingerprint density at radius 1 is 1.16 bits per heavy atom. The SMILES string of the molecule is CC(=O)N1CCC[C@@H](CNc2cccc(-c3ccnc(CC4CCC(N)CC4)c3)n2)C1. The van der Waals surface area contributed by atoms with Crippen molar-refractivity contribution in [2.75, 3.05) is 25.0 Å². The molecule has 3 N–H and O–H groups in total. The van der Waals surface area contributed by atoms with Crippen LogP contribution >= 0.6 is 0 Å². The summed E-state index contributed by atoms with van der Waals surface area (Å²) in [5.41, 5.74) is 9.27. The van der Waals surface area contributed by atoms with Gasteiger partial charge in [0.2, 0.25) is 5.91 Å². The average Bonchev–Trinajstić information content (AvgIpc) is 2.80. The highest BCUT2D eigenvalue weighted by Gasteiger charge is 2.22. The lowest BCUT2D eigenvalue weighted by Gasteiger charge is -2.32. The number of nitrogens with zero attached hydrogens (tertiary/aromatic N) is 3. The van der Waals surface area contributed by atoms with Gasteiger partial charge in [-0.2, -0.15) is 0 Å². The predicted molar refractivity (Wildman–Crippen MR) is 125 cm³/mol. The van der Waals surface area contributed by atoms with Gasteiger partial charge in [0, 0.05) is 50.1 Å². The molecule has 1 aliphatic heterocycles. The summed E-state index contributed by atoms with van der Waals surface area (Å²) in [6, 6.07) is 10.7. The van der Waals surface area contributed by atoms with Crippen LogP contribution < -0.4 is 11.1 Å². The minimum atomic E-state index is 0.175. The molecule has 0 spiro atoms. The first-order valence-corrected chi connectivity index (χ1v) is 11.7. The fourth-order valence-electron chi connectivity index (χ4n) is 4.90. The van der Waals surface area contributed by atoms with E-state index in [1.165, 1.54) is 12.8 Å². The van der Waals surface area contributed by atoms with E-state index in [-0.39, 0.29) is 5.91 Å². The second kappa shape index (κ2) is 10.2. The van der Waals surface area contributed by atoms with Gasteiger partial charge in [-0.3, -0.25) is 9.78 Å². The van der Waals surface area contributed by atoms with Crippen LogP contribution in [0.3, 0.4) is 0 Å². The molecule has 0 bridgehead atoms. The second-order valence-electron chi connectivity index (χ2n) is 9.28. The Hall–Kier alpha value is -2.47. The van der Waals surface area contributed by atoms with Crippen LogP contribution in [0.2, 0.25) is 0 Å². The first-order valence-electron chi connectivity index (χ1n) is 11.7. The van der Waals surface area contributed by atoms with Crippen LogP contribution in [-0.4, -0.2) is 46.5 Å². The molecule has 1 atom stereocenters. The number of pyridine rings is 2. The molecule has 31 heavy (non-hydrogen) atoms. The second-order valence-corrected chi connectivity index (χ2v) is 9.28. The molecule has 0 radical (unpaired) electrons. The molecule has 1 aliphatic carbocycles. The highest BCUT2D eigenvalue weighted by molar-refractivity contribution is 5.73. The summed E-state index contributed by atoms with van der Waals surface area (Å²) < 4.78 is 0. The highest BCUT2D eigenvalue weighted by Crippen LogP contribution is 2.27. The molecule has 166 valence electrons. The summed E-state index contributed by atoms with van der Waals surface area (Å²) in [5.74, 6) is 2.22. The van der Waals surface area contributed by atoms with Crippen LogP contribution in [0.5, 0.6) is 0 Å². The summed E-state index contributed by atoms with van der Waals surface area (Å²) in [5, 5.41) is 3.49. The number of aromatic nitrogens is 2. The first-order chi connectivity index (χ1) is 15.1. The van der Waals surface area contributed by atoms with Gasteiger partial charge in [0.05, 0.1) is 5.69 Å². The molecule has 6 nitrogen and oxygen atoms in total. The zero-order chi connectivity index (χ0) is 21.6. The molecule has 0 aromatic carbocycles. The number of carbonyl (C=O) groups excluding carboxylic acids is 1. The van der Waals surface area contributed by atoms with Crippen molar-refractivity contribution in [1.29, 1.82) is 0 Å². The van der Waals surface area contributed by atoms with E-state index in [1.54, 1.807) is 6.92 Å². The number of anilines is 1. The fourth-order valence-corrected chi connectivity index (χ4v) is 4.90. The van der Waals surface area contributed by atoms with Gasteiger partial charge in [-0.25, -0.2) is 4.98 Å². The van der Waals surface area contributed by atoms with E-state index >= 15 is 0 Å². The summed E-state index contributed by atoms with van der Waals surface area (Å²) in [6.45, 7) is 4.22. The predicted octanol–water partition coefficient (Wildman–Crippen LogP) is 3.87. The molecule has 4 rings (SSSR count). The molecule has 1 saturated carbocycles. The van der Waals surface area contributed by atoms with E-state index in [2.05, 4.69) is 28.5 Å². The summed E-state index contributed by atoms with van der Waals surface area (Å²) in [7, 11) is 0. The maximum Gasteiger partial charge on any atom is 0.219 e. The Kier molecular flexibility index (Phi) is 7.17. The van der Waals surface area contributed by atoms with Crippen molar-refractivity contribution in [2.24, 2.45) is 17.6 Å². The zero-order valence-corrected chi connectivity index (χ0v) is 18.6. The van der Waals surface area contributed by atoms with Gasteiger partial charge < -0.3 is 16.0 Å². The highest BCUT2D eigenvalue weighted by atomic mass is 16.2. The Labute approximate surface area is 185 Å². The maximum atomic E-state index is 11.7. The largest absolute Gasteiger partial charge is 0.370 e. The standard InChI is InChI=1S/C25H35N5O/c1-18(31)30-13-3-4-20(17-30)16-28-25-6-2-5-24(29-25)21-11-12-27-23(15-21)14-19-7-9-22(26)10-8-19/h2,5-6,11-12,15,19-20,22H,3-4,7-10,13-14,16-17,26H2,1H3,(H,28,29)/t19?,20-,22?/m0/s1. The van der Waals surface area contributed by atoms with Gasteiger partial charge in [0.1, 0.15) is 5.82 Å². The van der Waals surface area contributed by atoms with Gasteiger partial charge in [-0.15, -0.1) is 0 Å². The van der Waals surface area contributed by atoms with Crippen molar-refractivity contribution in [1.82, 2.24) is 14.9 Å².